The van der Waals surface area contributed by atoms with Crippen LogP contribution in [0.1, 0.15) is 13.8 Å². The van der Waals surface area contributed by atoms with Gasteiger partial charge in [-0.2, -0.15) is 0 Å². The number of nitrogens with one attached hydrogen (secondary N) is 1. The number of urea groups is 1. The summed E-state index contributed by atoms with van der Waals surface area (Å²) in [6.07, 6.45) is 1.54. The number of piperazine rings is 1. The zero-order valence-corrected chi connectivity index (χ0v) is 16.6. The van der Waals surface area contributed by atoms with Crippen LogP contribution >= 0.6 is 0 Å². The topological polar surface area (TPSA) is 101 Å². The summed E-state index contributed by atoms with van der Waals surface area (Å²) in [6.45, 7) is 7.78. The summed E-state index contributed by atoms with van der Waals surface area (Å²) >= 11 is 0. The van der Waals surface area contributed by atoms with Crippen molar-refractivity contribution in [2.24, 2.45) is 0 Å². The molecular weight excluding hydrogens is 372 g/mol. The molecule has 1 aromatic carbocycles. The van der Waals surface area contributed by atoms with Crippen LogP contribution in [0.3, 0.4) is 0 Å². The molecule has 0 saturated carbocycles. The molecule has 1 aliphatic rings. The molecule has 1 aliphatic heterocycles. The monoisotopic (exact) mass is 396 g/mol. The number of aryl methyl sites for hydroxylation is 1. The fraction of sp³-hybridized carbons (Fsp3) is 0.421. The van der Waals surface area contributed by atoms with Crippen molar-refractivity contribution in [1.82, 2.24) is 29.9 Å². The van der Waals surface area contributed by atoms with Gasteiger partial charge in [0.15, 0.2) is 17.0 Å². The van der Waals surface area contributed by atoms with E-state index in [1.165, 1.54) is 6.33 Å². The second kappa shape index (κ2) is 8.29. The van der Waals surface area contributed by atoms with Crippen molar-refractivity contribution in [1.29, 1.82) is 0 Å². The first-order valence-corrected chi connectivity index (χ1v) is 9.77. The Balaban J connectivity index is 1.38. The zero-order valence-electron chi connectivity index (χ0n) is 16.6. The zero-order chi connectivity index (χ0) is 20.2. The highest BCUT2D eigenvalue weighted by atomic mass is 16.5. The minimum Gasteiger partial charge on any atom is -0.494 e. The van der Waals surface area contributed by atoms with E-state index >= 15 is 0 Å². The summed E-state index contributed by atoms with van der Waals surface area (Å²) in [7, 11) is 0. The van der Waals surface area contributed by atoms with Gasteiger partial charge in [-0.3, -0.25) is 0 Å². The second-order valence-corrected chi connectivity index (χ2v) is 6.64. The maximum absolute atomic E-state index is 12.6. The van der Waals surface area contributed by atoms with Gasteiger partial charge < -0.3 is 19.9 Å². The van der Waals surface area contributed by atoms with Crippen LogP contribution in [0, 0.1) is 0 Å². The summed E-state index contributed by atoms with van der Waals surface area (Å²) in [5.74, 6) is 1.55. The third kappa shape index (κ3) is 3.91. The average Bonchev–Trinajstić information content (AvgIpc) is 3.19. The number of hydrogen-bond donors (Lipinski definition) is 1. The number of carbonyl (C=O) groups excluding carboxylic acids is 1. The SMILES string of the molecule is CCOc1ccc(NC(=O)N2CCN(c3ncnc4c3nnn4CC)CC2)cc1. The Kier molecular flexibility index (Phi) is 5.41. The lowest BCUT2D eigenvalue weighted by molar-refractivity contribution is 0.208. The molecule has 0 spiro atoms. The lowest BCUT2D eigenvalue weighted by atomic mass is 10.3. The number of anilines is 2. The third-order valence-electron chi connectivity index (χ3n) is 4.86. The average molecular weight is 396 g/mol. The van der Waals surface area contributed by atoms with Crippen molar-refractivity contribution in [3.8, 4) is 5.75 Å². The maximum Gasteiger partial charge on any atom is 0.321 e. The molecule has 4 rings (SSSR count). The molecule has 0 radical (unpaired) electrons. The number of benzene rings is 1. The van der Waals surface area contributed by atoms with Gasteiger partial charge in [-0.05, 0) is 38.1 Å². The van der Waals surface area contributed by atoms with Crippen LogP contribution in [0.2, 0.25) is 0 Å². The molecule has 3 aromatic rings. The molecule has 2 aromatic heterocycles. The largest absolute Gasteiger partial charge is 0.494 e. The minimum absolute atomic E-state index is 0.112. The molecule has 10 nitrogen and oxygen atoms in total. The molecule has 0 bridgehead atoms. The van der Waals surface area contributed by atoms with Crippen LogP contribution in [0.4, 0.5) is 16.3 Å². The fourth-order valence-corrected chi connectivity index (χ4v) is 3.35. The highest BCUT2D eigenvalue weighted by Gasteiger charge is 2.24. The number of rotatable bonds is 5. The van der Waals surface area contributed by atoms with Gasteiger partial charge in [0.1, 0.15) is 12.1 Å². The van der Waals surface area contributed by atoms with E-state index in [0.29, 0.717) is 44.8 Å². The van der Waals surface area contributed by atoms with Gasteiger partial charge >= 0.3 is 6.03 Å². The predicted molar refractivity (Wildman–Crippen MR) is 109 cm³/mol. The van der Waals surface area contributed by atoms with Gasteiger partial charge in [-0.15, -0.1) is 5.10 Å². The minimum atomic E-state index is -0.112. The Bertz CT molecular complexity index is 980. The Hall–Kier alpha value is -3.43. The van der Waals surface area contributed by atoms with E-state index in [-0.39, 0.29) is 6.03 Å². The molecule has 0 aliphatic carbocycles. The van der Waals surface area contributed by atoms with Gasteiger partial charge in [0, 0.05) is 38.4 Å². The van der Waals surface area contributed by atoms with E-state index in [9.17, 15) is 4.79 Å². The summed E-state index contributed by atoms with van der Waals surface area (Å²) in [5.41, 5.74) is 2.17. The van der Waals surface area contributed by atoms with Crippen molar-refractivity contribution >= 4 is 28.7 Å². The first-order valence-electron chi connectivity index (χ1n) is 9.77. The summed E-state index contributed by atoms with van der Waals surface area (Å²) in [4.78, 5) is 25.2. The molecule has 152 valence electrons. The van der Waals surface area contributed by atoms with Crippen molar-refractivity contribution in [2.45, 2.75) is 20.4 Å². The number of ether oxygens (including phenoxy) is 1. The molecule has 2 amide bonds. The van der Waals surface area contributed by atoms with Crippen LogP contribution in [-0.4, -0.2) is 68.7 Å². The molecule has 3 heterocycles. The van der Waals surface area contributed by atoms with Gasteiger partial charge in [0.05, 0.1) is 6.61 Å². The molecule has 1 saturated heterocycles. The highest BCUT2D eigenvalue weighted by Crippen LogP contribution is 2.22. The molecule has 1 fully saturated rings. The summed E-state index contributed by atoms with van der Waals surface area (Å²) < 4.78 is 7.18. The van der Waals surface area contributed by atoms with Gasteiger partial charge in [-0.1, -0.05) is 5.21 Å². The molecule has 1 N–H and O–H groups in total. The molecule has 0 atom stereocenters. The van der Waals surface area contributed by atoms with Crippen molar-refractivity contribution in [3.63, 3.8) is 0 Å². The van der Waals surface area contributed by atoms with E-state index < -0.39 is 0 Å². The maximum atomic E-state index is 12.6. The Morgan fingerprint density at radius 1 is 1.10 bits per heavy atom. The van der Waals surface area contributed by atoms with Crippen molar-refractivity contribution in [2.75, 3.05) is 43.0 Å². The van der Waals surface area contributed by atoms with E-state index in [1.54, 1.807) is 9.58 Å². The van der Waals surface area contributed by atoms with Crippen LogP contribution in [0.5, 0.6) is 5.75 Å². The normalized spacial score (nSPS) is 14.3. The fourth-order valence-electron chi connectivity index (χ4n) is 3.35. The Morgan fingerprint density at radius 2 is 1.86 bits per heavy atom. The quantitative estimate of drug-likeness (QED) is 0.704. The van der Waals surface area contributed by atoms with Gasteiger partial charge in [-0.25, -0.2) is 19.4 Å². The van der Waals surface area contributed by atoms with Gasteiger partial charge in [0.25, 0.3) is 0 Å². The Labute approximate surface area is 168 Å². The number of carbonyl (C=O) groups is 1. The number of hydrogen-bond acceptors (Lipinski definition) is 7. The number of nitrogens with zero attached hydrogens (tertiary/aromatic N) is 7. The van der Waals surface area contributed by atoms with E-state index in [1.807, 2.05) is 38.1 Å². The predicted octanol–water partition coefficient (Wildman–Crippen LogP) is 1.99. The van der Waals surface area contributed by atoms with Crippen LogP contribution < -0.4 is 15.0 Å². The number of aromatic nitrogens is 5. The van der Waals surface area contributed by atoms with Crippen LogP contribution in [0.15, 0.2) is 30.6 Å². The molecule has 29 heavy (non-hydrogen) atoms. The Morgan fingerprint density at radius 3 is 2.55 bits per heavy atom. The summed E-state index contributed by atoms with van der Waals surface area (Å²) in [5, 5.41) is 11.3. The lowest BCUT2D eigenvalue weighted by Crippen LogP contribution is -2.50. The number of fused-ring (bicyclic) bond motifs is 1. The molecular formula is C19H24N8O2. The smallest absolute Gasteiger partial charge is 0.321 e. The van der Waals surface area contributed by atoms with E-state index in [2.05, 4.69) is 30.5 Å². The first kappa shape index (κ1) is 18.9. The second-order valence-electron chi connectivity index (χ2n) is 6.64. The first-order chi connectivity index (χ1) is 14.2. The highest BCUT2D eigenvalue weighted by molar-refractivity contribution is 5.89. The van der Waals surface area contributed by atoms with E-state index in [0.717, 1.165) is 22.9 Å². The van der Waals surface area contributed by atoms with E-state index in [4.69, 9.17) is 4.74 Å². The standard InChI is InChI=1S/C19H24N8O2/c1-3-27-18-16(23-24-27)17(20-13-21-18)25-9-11-26(12-10-25)19(28)22-14-5-7-15(8-6-14)29-4-2/h5-8,13H,3-4,9-12H2,1-2H3,(H,22,28). The van der Waals surface area contributed by atoms with Crippen molar-refractivity contribution in [3.05, 3.63) is 30.6 Å². The van der Waals surface area contributed by atoms with Crippen LogP contribution in [-0.2, 0) is 6.54 Å². The lowest BCUT2D eigenvalue weighted by Gasteiger charge is -2.35. The third-order valence-corrected chi connectivity index (χ3v) is 4.86. The molecule has 0 unspecified atom stereocenters. The molecule has 10 heteroatoms. The summed E-state index contributed by atoms with van der Waals surface area (Å²) in [6, 6.07) is 7.27. The number of amides is 2. The van der Waals surface area contributed by atoms with Crippen molar-refractivity contribution < 1.29 is 9.53 Å². The van der Waals surface area contributed by atoms with Gasteiger partial charge in [0.2, 0.25) is 0 Å². The van der Waals surface area contributed by atoms with Crippen LogP contribution in [0.25, 0.3) is 11.2 Å².